The summed E-state index contributed by atoms with van der Waals surface area (Å²) in [5.74, 6) is -1.08. The summed E-state index contributed by atoms with van der Waals surface area (Å²) in [4.78, 5) is 46.0. The Balaban J connectivity index is 1.43. The Morgan fingerprint density at radius 1 is 1.09 bits per heavy atom. The lowest BCUT2D eigenvalue weighted by molar-refractivity contribution is -0.384. The van der Waals surface area contributed by atoms with Crippen LogP contribution in [0.25, 0.3) is 11.1 Å². The van der Waals surface area contributed by atoms with Gasteiger partial charge in [0.15, 0.2) is 12.2 Å². The second kappa shape index (κ2) is 9.77. The molecule has 168 valence electrons. The SMILES string of the molecule is Cc1ccc(OCC(=O)NNC(=O)CCCn2c(=O)oc3cc([N+](=O)[O-])ccc32)cc1C. The van der Waals surface area contributed by atoms with Crippen LogP contribution in [-0.2, 0) is 16.1 Å². The third kappa shape index (κ3) is 5.50. The normalized spacial score (nSPS) is 10.7. The summed E-state index contributed by atoms with van der Waals surface area (Å²) in [5.41, 5.74) is 7.02. The number of carbonyl (C=O) groups is 2. The summed E-state index contributed by atoms with van der Waals surface area (Å²) in [6, 6.07) is 9.34. The van der Waals surface area contributed by atoms with Crippen LogP contribution in [0.15, 0.2) is 45.6 Å². The molecule has 2 amide bonds. The van der Waals surface area contributed by atoms with Crippen molar-refractivity contribution in [3.63, 3.8) is 0 Å². The molecular formula is C21H22N4O7. The molecule has 0 radical (unpaired) electrons. The number of nitrogens with one attached hydrogen (secondary N) is 2. The minimum atomic E-state index is -0.669. The second-order valence-electron chi connectivity index (χ2n) is 7.16. The Morgan fingerprint density at radius 3 is 2.56 bits per heavy atom. The minimum Gasteiger partial charge on any atom is -0.484 e. The number of carbonyl (C=O) groups excluding carboxylic acids is 2. The van der Waals surface area contributed by atoms with Gasteiger partial charge in [0.25, 0.3) is 11.6 Å². The molecule has 0 aliphatic carbocycles. The van der Waals surface area contributed by atoms with Crippen LogP contribution in [-0.4, -0.2) is 27.9 Å². The zero-order valence-corrected chi connectivity index (χ0v) is 17.5. The number of aryl methyl sites for hydroxylation is 3. The highest BCUT2D eigenvalue weighted by molar-refractivity contribution is 5.82. The molecule has 0 aliphatic heterocycles. The van der Waals surface area contributed by atoms with Crippen LogP contribution in [0, 0.1) is 24.0 Å². The molecule has 11 nitrogen and oxygen atoms in total. The second-order valence-corrected chi connectivity index (χ2v) is 7.16. The monoisotopic (exact) mass is 442 g/mol. The van der Waals surface area contributed by atoms with E-state index in [1.807, 2.05) is 26.0 Å². The molecule has 0 bridgehead atoms. The number of hydrogen-bond donors (Lipinski definition) is 2. The minimum absolute atomic E-state index is 0.0321. The average Bonchev–Trinajstić information content (AvgIpc) is 3.07. The van der Waals surface area contributed by atoms with Crippen LogP contribution in [0.1, 0.15) is 24.0 Å². The van der Waals surface area contributed by atoms with E-state index in [2.05, 4.69) is 10.9 Å². The number of nitro benzene ring substituents is 1. The van der Waals surface area contributed by atoms with Gasteiger partial charge in [0.2, 0.25) is 5.91 Å². The molecule has 0 spiro atoms. The van der Waals surface area contributed by atoms with E-state index in [1.165, 1.54) is 22.8 Å². The largest absolute Gasteiger partial charge is 0.484 e. The number of rotatable bonds is 8. The van der Waals surface area contributed by atoms with Gasteiger partial charge < -0.3 is 9.15 Å². The van der Waals surface area contributed by atoms with Crippen LogP contribution in [0.4, 0.5) is 5.69 Å². The fourth-order valence-corrected chi connectivity index (χ4v) is 2.97. The molecule has 3 rings (SSSR count). The van der Waals surface area contributed by atoms with Crippen molar-refractivity contribution in [3.05, 3.63) is 68.2 Å². The number of benzene rings is 2. The Hall–Kier alpha value is -4.15. The zero-order chi connectivity index (χ0) is 23.3. The molecule has 2 aromatic carbocycles. The maximum Gasteiger partial charge on any atom is 0.419 e. The summed E-state index contributed by atoms with van der Waals surface area (Å²) in [6.07, 6.45) is 0.316. The van der Waals surface area contributed by atoms with Crippen molar-refractivity contribution in [1.29, 1.82) is 0 Å². The number of non-ortho nitro benzene ring substituents is 1. The van der Waals surface area contributed by atoms with Crippen LogP contribution in [0.5, 0.6) is 5.75 Å². The first-order valence-electron chi connectivity index (χ1n) is 9.80. The Kier molecular flexibility index (Phi) is 6.88. The Labute approximate surface area is 182 Å². The third-order valence-electron chi connectivity index (χ3n) is 4.84. The molecule has 0 saturated heterocycles. The van der Waals surface area contributed by atoms with Crippen molar-refractivity contribution in [2.24, 2.45) is 0 Å². The van der Waals surface area contributed by atoms with Gasteiger partial charge in [-0.1, -0.05) is 6.07 Å². The number of amides is 2. The molecule has 0 unspecified atom stereocenters. The van der Waals surface area contributed by atoms with E-state index in [4.69, 9.17) is 9.15 Å². The van der Waals surface area contributed by atoms with Crippen LogP contribution >= 0.6 is 0 Å². The number of oxazole rings is 1. The highest BCUT2D eigenvalue weighted by atomic mass is 16.6. The highest BCUT2D eigenvalue weighted by Gasteiger charge is 2.14. The highest BCUT2D eigenvalue weighted by Crippen LogP contribution is 2.20. The molecule has 2 N–H and O–H groups in total. The van der Waals surface area contributed by atoms with Gasteiger partial charge >= 0.3 is 5.76 Å². The van der Waals surface area contributed by atoms with Crippen molar-refractivity contribution in [2.75, 3.05) is 6.61 Å². The number of aromatic nitrogens is 1. The zero-order valence-electron chi connectivity index (χ0n) is 17.5. The van der Waals surface area contributed by atoms with Gasteiger partial charge in [-0.25, -0.2) is 4.79 Å². The van der Waals surface area contributed by atoms with Gasteiger partial charge in [-0.05, 0) is 49.6 Å². The van der Waals surface area contributed by atoms with Gasteiger partial charge in [0, 0.05) is 19.0 Å². The quantitative estimate of drug-likeness (QED) is 0.401. The summed E-state index contributed by atoms with van der Waals surface area (Å²) in [5, 5.41) is 10.8. The first-order chi connectivity index (χ1) is 15.2. The molecular weight excluding hydrogens is 420 g/mol. The lowest BCUT2D eigenvalue weighted by atomic mass is 10.1. The molecule has 1 heterocycles. The van der Waals surface area contributed by atoms with Crippen molar-refractivity contribution in [3.8, 4) is 5.75 Å². The molecule has 3 aromatic rings. The van der Waals surface area contributed by atoms with Gasteiger partial charge in [0.05, 0.1) is 16.5 Å². The maximum atomic E-state index is 12.0. The number of hydrazine groups is 1. The van der Waals surface area contributed by atoms with Gasteiger partial charge in [-0.15, -0.1) is 0 Å². The van der Waals surface area contributed by atoms with E-state index >= 15 is 0 Å². The summed E-state index contributed by atoms with van der Waals surface area (Å²) in [7, 11) is 0. The third-order valence-corrected chi connectivity index (χ3v) is 4.84. The Bertz CT molecular complexity index is 1230. The summed E-state index contributed by atoms with van der Waals surface area (Å²) in [6.45, 7) is 3.82. The predicted molar refractivity (Wildman–Crippen MR) is 114 cm³/mol. The molecule has 0 aliphatic rings. The van der Waals surface area contributed by atoms with E-state index in [-0.39, 0.29) is 37.3 Å². The van der Waals surface area contributed by atoms with E-state index < -0.39 is 22.5 Å². The number of ether oxygens (including phenoxy) is 1. The molecule has 32 heavy (non-hydrogen) atoms. The van der Waals surface area contributed by atoms with Crippen molar-refractivity contribution in [2.45, 2.75) is 33.2 Å². The molecule has 1 aromatic heterocycles. The van der Waals surface area contributed by atoms with E-state index in [9.17, 15) is 24.5 Å². The number of fused-ring (bicyclic) bond motifs is 1. The summed E-state index contributed by atoms with van der Waals surface area (Å²) >= 11 is 0. The van der Waals surface area contributed by atoms with E-state index in [0.29, 0.717) is 11.3 Å². The molecule has 0 fully saturated rings. The smallest absolute Gasteiger partial charge is 0.419 e. The van der Waals surface area contributed by atoms with Crippen molar-refractivity contribution in [1.82, 2.24) is 15.4 Å². The van der Waals surface area contributed by atoms with Crippen LogP contribution in [0.2, 0.25) is 0 Å². The fraction of sp³-hybridized carbons (Fsp3) is 0.286. The van der Waals surface area contributed by atoms with Gasteiger partial charge in [0.1, 0.15) is 5.75 Å². The first kappa shape index (κ1) is 22.5. The van der Waals surface area contributed by atoms with Gasteiger partial charge in [-0.3, -0.25) is 35.1 Å². The van der Waals surface area contributed by atoms with Crippen molar-refractivity contribution < 1.29 is 23.7 Å². The topological polar surface area (TPSA) is 146 Å². The lowest BCUT2D eigenvalue weighted by Gasteiger charge is -2.10. The predicted octanol–water partition coefficient (Wildman–Crippen LogP) is 2.13. The number of hydrogen-bond acceptors (Lipinski definition) is 7. The first-order valence-corrected chi connectivity index (χ1v) is 9.80. The maximum absolute atomic E-state index is 12.0. The van der Waals surface area contributed by atoms with Crippen molar-refractivity contribution >= 4 is 28.6 Å². The standard InChI is InChI=1S/C21H22N4O7/c1-13-5-7-16(10-14(13)2)31-12-20(27)23-22-19(26)4-3-9-24-17-8-6-15(25(29)30)11-18(17)32-21(24)28/h5-8,10-11H,3-4,9,12H2,1-2H3,(H,22,26)(H,23,27). The van der Waals surface area contributed by atoms with Gasteiger partial charge in [-0.2, -0.15) is 0 Å². The Morgan fingerprint density at radius 2 is 1.84 bits per heavy atom. The number of nitrogens with zero attached hydrogens (tertiary/aromatic N) is 2. The lowest BCUT2D eigenvalue weighted by Crippen LogP contribution is -2.43. The van der Waals surface area contributed by atoms with Crippen LogP contribution < -0.4 is 21.3 Å². The fourth-order valence-electron chi connectivity index (χ4n) is 2.97. The van der Waals surface area contributed by atoms with E-state index in [1.54, 1.807) is 6.07 Å². The van der Waals surface area contributed by atoms with Crippen LogP contribution in [0.3, 0.4) is 0 Å². The molecule has 0 atom stereocenters. The average molecular weight is 442 g/mol. The summed E-state index contributed by atoms with van der Waals surface area (Å²) < 4.78 is 11.7. The molecule has 0 saturated carbocycles. The molecule has 11 heteroatoms. The number of nitro groups is 1. The van der Waals surface area contributed by atoms with E-state index in [0.717, 1.165) is 11.1 Å².